The van der Waals surface area contributed by atoms with Crippen LogP contribution in [-0.4, -0.2) is 58.8 Å². The third-order valence-electron chi connectivity index (χ3n) is 3.55. The smallest absolute Gasteiger partial charge is 0.451 e. The van der Waals surface area contributed by atoms with E-state index in [1.165, 1.54) is 14.0 Å². The molecule has 0 aliphatic carbocycles. The fourth-order valence-corrected chi connectivity index (χ4v) is 1.88. The summed E-state index contributed by atoms with van der Waals surface area (Å²) in [7, 11) is 1.30. The number of hydrogen-bond acceptors (Lipinski definition) is 6. The standard InChI is InChI=1S/C17H23N3O6/c1-4-25-17(24)20(16(18)19(3)12(2)15(22)23)26-14(21)11-10-13-8-6-5-7-9-13/h5-9,12,18H,4,10-11H2,1-3H3,(H,22,23). The predicted molar refractivity (Wildman–Crippen MR) is 92.3 cm³/mol. The first kappa shape index (κ1) is 20.9. The number of ether oxygens (including phenoxy) is 1. The molecule has 0 saturated carbocycles. The summed E-state index contributed by atoms with van der Waals surface area (Å²) >= 11 is 0. The van der Waals surface area contributed by atoms with Crippen LogP contribution >= 0.6 is 0 Å². The quantitative estimate of drug-likeness (QED) is 0.448. The van der Waals surface area contributed by atoms with E-state index in [0.717, 1.165) is 10.5 Å². The monoisotopic (exact) mass is 365 g/mol. The molecule has 9 nitrogen and oxygen atoms in total. The van der Waals surface area contributed by atoms with Crippen LogP contribution in [0.3, 0.4) is 0 Å². The summed E-state index contributed by atoms with van der Waals surface area (Å²) in [5.41, 5.74) is 0.916. The second-order valence-corrected chi connectivity index (χ2v) is 5.39. The van der Waals surface area contributed by atoms with Crippen molar-refractivity contribution in [2.24, 2.45) is 0 Å². The molecule has 0 fully saturated rings. The maximum absolute atomic E-state index is 12.1. The molecule has 0 heterocycles. The van der Waals surface area contributed by atoms with Crippen molar-refractivity contribution in [2.45, 2.75) is 32.7 Å². The molecule has 0 bridgehead atoms. The maximum atomic E-state index is 12.1. The van der Waals surface area contributed by atoms with Crippen LogP contribution in [0.25, 0.3) is 0 Å². The van der Waals surface area contributed by atoms with Gasteiger partial charge in [-0.25, -0.2) is 14.4 Å². The van der Waals surface area contributed by atoms with Crippen molar-refractivity contribution in [2.75, 3.05) is 13.7 Å². The Balaban J connectivity index is 2.79. The number of nitrogens with zero attached hydrogens (tertiary/aromatic N) is 2. The second-order valence-electron chi connectivity index (χ2n) is 5.39. The van der Waals surface area contributed by atoms with Gasteiger partial charge in [-0.3, -0.25) is 5.41 Å². The highest BCUT2D eigenvalue weighted by atomic mass is 16.8. The van der Waals surface area contributed by atoms with Crippen molar-refractivity contribution < 1.29 is 29.1 Å². The van der Waals surface area contributed by atoms with Crippen molar-refractivity contribution >= 4 is 24.0 Å². The van der Waals surface area contributed by atoms with Crippen LogP contribution in [0.2, 0.25) is 0 Å². The van der Waals surface area contributed by atoms with Gasteiger partial charge in [-0.15, -0.1) is 0 Å². The molecule has 0 aliphatic heterocycles. The Kier molecular flexibility index (Phi) is 8.07. The number of carbonyl (C=O) groups excluding carboxylic acids is 2. The molecular weight excluding hydrogens is 342 g/mol. The van der Waals surface area contributed by atoms with Crippen molar-refractivity contribution in [1.29, 1.82) is 5.41 Å². The minimum atomic E-state index is -1.20. The first-order chi connectivity index (χ1) is 12.3. The largest absolute Gasteiger partial charge is 0.480 e. The van der Waals surface area contributed by atoms with E-state index in [2.05, 4.69) is 0 Å². The highest BCUT2D eigenvalue weighted by Crippen LogP contribution is 2.08. The lowest BCUT2D eigenvalue weighted by atomic mass is 10.1. The Morgan fingerprint density at radius 3 is 2.38 bits per heavy atom. The Morgan fingerprint density at radius 2 is 1.85 bits per heavy atom. The van der Waals surface area contributed by atoms with Crippen LogP contribution in [0.5, 0.6) is 0 Å². The molecule has 1 amide bonds. The van der Waals surface area contributed by atoms with E-state index in [-0.39, 0.29) is 13.0 Å². The number of guanidine groups is 1. The summed E-state index contributed by atoms with van der Waals surface area (Å²) in [5.74, 6) is -2.56. The number of hydroxylamine groups is 2. The maximum Gasteiger partial charge on any atom is 0.451 e. The van der Waals surface area contributed by atoms with Gasteiger partial charge < -0.3 is 19.6 Å². The topological polar surface area (TPSA) is 120 Å². The number of nitrogens with one attached hydrogen (secondary N) is 1. The van der Waals surface area contributed by atoms with Crippen LogP contribution < -0.4 is 0 Å². The number of carboxylic acids is 1. The van der Waals surface area contributed by atoms with Crippen molar-refractivity contribution in [3.8, 4) is 0 Å². The zero-order valence-electron chi connectivity index (χ0n) is 15.0. The van der Waals surface area contributed by atoms with Crippen LogP contribution in [-0.2, 0) is 25.6 Å². The van der Waals surface area contributed by atoms with E-state index < -0.39 is 30.0 Å². The van der Waals surface area contributed by atoms with Crippen LogP contribution in [0, 0.1) is 5.41 Å². The molecule has 142 valence electrons. The number of aryl methyl sites for hydroxylation is 1. The first-order valence-electron chi connectivity index (χ1n) is 8.03. The third-order valence-corrected chi connectivity index (χ3v) is 3.55. The molecule has 1 unspecified atom stereocenters. The lowest BCUT2D eigenvalue weighted by Gasteiger charge is -2.29. The zero-order valence-corrected chi connectivity index (χ0v) is 15.0. The summed E-state index contributed by atoms with van der Waals surface area (Å²) in [6, 6.07) is 8.11. The van der Waals surface area contributed by atoms with E-state index in [1.54, 1.807) is 6.92 Å². The first-order valence-corrected chi connectivity index (χ1v) is 8.03. The van der Waals surface area contributed by atoms with Gasteiger partial charge in [0, 0.05) is 7.05 Å². The summed E-state index contributed by atoms with van der Waals surface area (Å²) < 4.78 is 4.77. The normalized spacial score (nSPS) is 11.2. The van der Waals surface area contributed by atoms with E-state index in [4.69, 9.17) is 20.1 Å². The van der Waals surface area contributed by atoms with Crippen molar-refractivity contribution in [3.63, 3.8) is 0 Å². The Hall–Kier alpha value is -3.10. The van der Waals surface area contributed by atoms with E-state index in [0.29, 0.717) is 11.5 Å². The molecule has 0 aliphatic rings. The summed E-state index contributed by atoms with van der Waals surface area (Å²) in [5, 5.41) is 17.4. The SMILES string of the molecule is CCOC(=O)N(OC(=O)CCc1ccccc1)C(=N)N(C)C(C)C(=O)O. The molecule has 1 aromatic carbocycles. The number of carbonyl (C=O) groups is 3. The van der Waals surface area contributed by atoms with Gasteiger partial charge in [0.05, 0.1) is 13.0 Å². The molecule has 2 N–H and O–H groups in total. The zero-order chi connectivity index (χ0) is 19.7. The molecule has 26 heavy (non-hydrogen) atoms. The average molecular weight is 365 g/mol. The van der Waals surface area contributed by atoms with Crippen LogP contribution in [0.4, 0.5) is 4.79 Å². The number of amides is 1. The van der Waals surface area contributed by atoms with Gasteiger partial charge >= 0.3 is 18.0 Å². The van der Waals surface area contributed by atoms with Gasteiger partial charge in [-0.2, -0.15) is 0 Å². The van der Waals surface area contributed by atoms with Gasteiger partial charge in [0.25, 0.3) is 0 Å². The van der Waals surface area contributed by atoms with Gasteiger partial charge in [-0.05, 0) is 25.8 Å². The molecule has 1 rings (SSSR count). The van der Waals surface area contributed by atoms with Crippen LogP contribution in [0.15, 0.2) is 30.3 Å². The predicted octanol–water partition coefficient (Wildman–Crippen LogP) is 1.88. The minimum absolute atomic E-state index is 0.00236. The molecular formula is C17H23N3O6. The molecule has 0 aromatic heterocycles. The summed E-state index contributed by atoms with van der Waals surface area (Å²) in [6.45, 7) is 2.89. The van der Waals surface area contributed by atoms with E-state index in [1.807, 2.05) is 30.3 Å². The number of likely N-dealkylation sites (N-methyl/N-ethyl adjacent to an activating group) is 1. The molecule has 1 aromatic rings. The number of hydrogen-bond donors (Lipinski definition) is 2. The fraction of sp³-hybridized carbons (Fsp3) is 0.412. The molecule has 1 atom stereocenters. The van der Waals surface area contributed by atoms with Gasteiger partial charge in [0.15, 0.2) is 0 Å². The van der Waals surface area contributed by atoms with Gasteiger partial charge in [0.1, 0.15) is 6.04 Å². The molecule has 9 heteroatoms. The number of aliphatic carboxylic acids is 1. The Morgan fingerprint density at radius 1 is 1.23 bits per heavy atom. The second kappa shape index (κ2) is 10.0. The van der Waals surface area contributed by atoms with Crippen LogP contribution in [0.1, 0.15) is 25.8 Å². The lowest BCUT2D eigenvalue weighted by molar-refractivity contribution is -0.169. The Labute approximate surface area is 151 Å². The highest BCUT2D eigenvalue weighted by Gasteiger charge is 2.31. The fourth-order valence-electron chi connectivity index (χ4n) is 1.88. The van der Waals surface area contributed by atoms with Gasteiger partial charge in [-0.1, -0.05) is 35.4 Å². The molecule has 0 spiro atoms. The minimum Gasteiger partial charge on any atom is -0.480 e. The number of benzene rings is 1. The van der Waals surface area contributed by atoms with E-state index in [9.17, 15) is 14.4 Å². The van der Waals surface area contributed by atoms with E-state index >= 15 is 0 Å². The number of rotatable bonds is 6. The molecule has 0 saturated heterocycles. The summed E-state index contributed by atoms with van der Waals surface area (Å²) in [4.78, 5) is 41.1. The van der Waals surface area contributed by atoms with Crippen molar-refractivity contribution in [1.82, 2.24) is 9.96 Å². The van der Waals surface area contributed by atoms with Gasteiger partial charge in [0.2, 0.25) is 5.96 Å². The lowest BCUT2D eigenvalue weighted by Crippen LogP contribution is -2.51. The number of carboxylic acid groups (broad SMARTS) is 1. The highest BCUT2D eigenvalue weighted by molar-refractivity contribution is 5.94. The third kappa shape index (κ3) is 6.08. The average Bonchev–Trinajstić information content (AvgIpc) is 2.63. The molecule has 0 radical (unpaired) electrons. The Bertz CT molecular complexity index is 649. The van der Waals surface area contributed by atoms with Crippen molar-refractivity contribution in [3.05, 3.63) is 35.9 Å². The summed E-state index contributed by atoms with van der Waals surface area (Å²) in [6.07, 6.45) is -0.703.